The van der Waals surface area contributed by atoms with Crippen molar-refractivity contribution in [2.75, 3.05) is 40.3 Å². The zero-order valence-corrected chi connectivity index (χ0v) is 33.8. The lowest BCUT2D eigenvalue weighted by molar-refractivity contribution is -0.256. The van der Waals surface area contributed by atoms with Crippen LogP contribution in [0.1, 0.15) is 67.6 Å². The zero-order chi connectivity index (χ0) is 41.2. The Kier molecular flexibility index (Phi) is 13.9. The number of aliphatic hydroxyl groups is 2. The molecule has 59 heavy (non-hydrogen) atoms. The highest BCUT2D eigenvalue weighted by molar-refractivity contribution is 6.03. The summed E-state index contributed by atoms with van der Waals surface area (Å²) in [4.78, 5) is 22.1. The van der Waals surface area contributed by atoms with Crippen LogP contribution in [-0.2, 0) is 27.5 Å². The van der Waals surface area contributed by atoms with Crippen LogP contribution < -0.4 is 18.9 Å². The molecule has 2 aliphatic heterocycles. The van der Waals surface area contributed by atoms with Crippen molar-refractivity contribution in [2.24, 2.45) is 22.9 Å². The number of methoxy groups -OCH3 is 1. The summed E-state index contributed by atoms with van der Waals surface area (Å²) in [5.74, 6) is 0.536. The van der Waals surface area contributed by atoms with E-state index in [2.05, 4.69) is 25.3 Å². The van der Waals surface area contributed by atoms with Gasteiger partial charge in [-0.15, -0.1) is 6.58 Å². The molecule has 314 valence electrons. The maximum atomic E-state index is 14.3. The van der Waals surface area contributed by atoms with E-state index in [9.17, 15) is 15.0 Å². The Balaban J connectivity index is 1.43. The van der Waals surface area contributed by atoms with Crippen LogP contribution in [0.2, 0.25) is 0 Å². The lowest BCUT2D eigenvalue weighted by Gasteiger charge is -2.59. The molecule has 0 spiro atoms. The van der Waals surface area contributed by atoms with E-state index in [-0.39, 0.29) is 63.9 Å². The predicted molar refractivity (Wildman–Crippen MR) is 222 cm³/mol. The van der Waals surface area contributed by atoms with Gasteiger partial charge in [0.25, 0.3) is 0 Å². The number of nitrogens with zero attached hydrogens (tertiary/aromatic N) is 2. The number of carbonyl (C=O) groups excluding carboxylic acids is 1. The average molecular weight is 809 g/mol. The van der Waals surface area contributed by atoms with Gasteiger partial charge in [-0.1, -0.05) is 79.2 Å². The molecule has 3 aromatic carbocycles. The molecule has 3 aromatic rings. The second kappa shape index (κ2) is 19.6. The Labute approximate surface area is 346 Å². The minimum absolute atomic E-state index is 0.0590. The van der Waals surface area contributed by atoms with Crippen LogP contribution >= 0.6 is 0 Å². The number of amides is 1. The molecule has 12 nitrogen and oxygen atoms in total. The number of carbonyl (C=O) groups is 1. The molecule has 2 aliphatic carbocycles. The molecular formula is C47H56N2O10. The summed E-state index contributed by atoms with van der Waals surface area (Å²) in [5.41, 5.74) is 4.35. The van der Waals surface area contributed by atoms with E-state index in [0.717, 1.165) is 47.9 Å². The largest absolute Gasteiger partial charge is 0.490 e. The molecule has 1 saturated carbocycles. The molecule has 0 saturated heterocycles. The van der Waals surface area contributed by atoms with Crippen molar-refractivity contribution in [1.82, 2.24) is 4.90 Å². The molecule has 0 aromatic heterocycles. The molecule has 6 atom stereocenters. The smallest absolute Gasteiger partial charge is 0.410 e. The van der Waals surface area contributed by atoms with Crippen molar-refractivity contribution in [3.05, 3.63) is 120 Å². The van der Waals surface area contributed by atoms with E-state index < -0.39 is 23.8 Å². The van der Waals surface area contributed by atoms with E-state index >= 15 is 0 Å². The van der Waals surface area contributed by atoms with Crippen LogP contribution in [0, 0.1) is 17.8 Å². The van der Waals surface area contributed by atoms with Crippen molar-refractivity contribution in [3.63, 3.8) is 0 Å². The maximum absolute atomic E-state index is 14.3. The number of unbranched alkanes of at least 4 members (excludes halogenated alkanes) is 2. The van der Waals surface area contributed by atoms with Gasteiger partial charge in [0.2, 0.25) is 12.6 Å². The number of rotatable bonds is 20. The number of allylic oxidation sites excluding steroid dienone is 1. The van der Waals surface area contributed by atoms with Gasteiger partial charge < -0.3 is 43.5 Å². The zero-order valence-electron chi connectivity index (χ0n) is 33.8. The Bertz CT molecular complexity index is 1980. The number of oxime groups is 1. The standard InChI is InChI=1S/C47H56N2O10/c1-4-23-54-35-18-20-40-38(27-35)44-36(16-10-12-22-51)34(15-9-11-21-50)26-37-39(48-58-30-32-13-7-6-8-14-32)28-43(47(59-40,45(37)44)57-24-5-2)49(46(52)53-3)29-33-17-19-41-42(25-33)56-31-55-41/h4-8,13-14,17-20,25-27,34,36,43-45,50-51H,1-2,9-12,15-16,21-24,28-31H2,3H3/t34-,36+,43-,44+,45+,47+/m0/s1. The number of hydrogen-bond acceptors (Lipinski definition) is 11. The van der Waals surface area contributed by atoms with Gasteiger partial charge in [-0.3, -0.25) is 4.90 Å². The second-order valence-electron chi connectivity index (χ2n) is 15.4. The molecular weight excluding hydrogens is 753 g/mol. The minimum Gasteiger partial charge on any atom is -0.490 e. The molecule has 1 amide bonds. The second-order valence-corrected chi connectivity index (χ2v) is 15.4. The van der Waals surface area contributed by atoms with Gasteiger partial charge in [-0.05, 0) is 84.6 Å². The van der Waals surface area contributed by atoms with Gasteiger partial charge in [0.05, 0.1) is 25.3 Å². The summed E-state index contributed by atoms with van der Waals surface area (Å²) in [7, 11) is 1.37. The fourth-order valence-electron chi connectivity index (χ4n) is 9.31. The summed E-state index contributed by atoms with van der Waals surface area (Å²) >= 11 is 0. The van der Waals surface area contributed by atoms with Crippen LogP contribution in [0.3, 0.4) is 0 Å². The van der Waals surface area contributed by atoms with Gasteiger partial charge in [0.1, 0.15) is 30.8 Å². The lowest BCUT2D eigenvalue weighted by Crippen LogP contribution is -2.70. The van der Waals surface area contributed by atoms with Crippen LogP contribution in [-0.4, -0.2) is 79.1 Å². The molecule has 0 radical (unpaired) electrons. The van der Waals surface area contributed by atoms with E-state index in [1.165, 1.54) is 7.11 Å². The molecule has 12 heteroatoms. The Morgan fingerprint density at radius 2 is 1.68 bits per heavy atom. The summed E-state index contributed by atoms with van der Waals surface area (Å²) in [6, 6.07) is 20.6. The first-order valence-electron chi connectivity index (χ1n) is 20.7. The number of fused-ring (bicyclic) bond motifs is 3. The Hall–Kier alpha value is -5.30. The minimum atomic E-state index is -1.45. The third-order valence-corrected chi connectivity index (χ3v) is 11.8. The number of hydrogen-bond donors (Lipinski definition) is 2. The molecule has 0 unspecified atom stereocenters. The van der Waals surface area contributed by atoms with Crippen molar-refractivity contribution < 1.29 is 48.3 Å². The highest BCUT2D eigenvalue weighted by Gasteiger charge is 2.65. The monoisotopic (exact) mass is 808 g/mol. The van der Waals surface area contributed by atoms with E-state index in [4.69, 9.17) is 38.4 Å². The van der Waals surface area contributed by atoms with Crippen molar-refractivity contribution in [1.29, 1.82) is 0 Å². The summed E-state index contributed by atoms with van der Waals surface area (Å²) in [6.45, 7) is 9.04. The average Bonchev–Trinajstić information content (AvgIpc) is 3.74. The van der Waals surface area contributed by atoms with E-state index in [0.29, 0.717) is 48.2 Å². The number of ether oxygens (including phenoxy) is 6. The van der Waals surface area contributed by atoms with Crippen molar-refractivity contribution in [2.45, 2.75) is 75.8 Å². The first-order chi connectivity index (χ1) is 28.9. The Morgan fingerprint density at radius 1 is 0.915 bits per heavy atom. The summed E-state index contributed by atoms with van der Waals surface area (Å²) in [5, 5.41) is 24.7. The maximum Gasteiger partial charge on any atom is 0.410 e. The van der Waals surface area contributed by atoms with Crippen LogP contribution in [0.15, 0.2) is 109 Å². The lowest BCUT2D eigenvalue weighted by atomic mass is 9.55. The third-order valence-electron chi connectivity index (χ3n) is 11.8. The van der Waals surface area contributed by atoms with Crippen LogP contribution in [0.5, 0.6) is 23.0 Å². The van der Waals surface area contributed by atoms with Gasteiger partial charge in [-0.2, -0.15) is 0 Å². The summed E-state index contributed by atoms with van der Waals surface area (Å²) in [6.07, 6.45) is 9.99. The van der Waals surface area contributed by atoms with Crippen molar-refractivity contribution >= 4 is 11.8 Å². The van der Waals surface area contributed by atoms with Gasteiger partial charge in [0.15, 0.2) is 11.5 Å². The normalized spacial score (nSPS) is 24.2. The topological polar surface area (TPSA) is 138 Å². The SMILES string of the molecule is C=CCOc1ccc2c(c1)[C@H]1[C@H](CCCCO)[C@@H](CCCCO)C=C3C(=NOCc4ccccc4)C[C@H](N(Cc4ccc5c(c4)OCO5)C(=O)OC)[C@@](OCC=C)(O2)[C@H]31. The molecule has 0 bridgehead atoms. The van der Waals surface area contributed by atoms with Gasteiger partial charge in [0, 0.05) is 37.7 Å². The highest BCUT2D eigenvalue weighted by Crippen LogP contribution is 2.62. The highest BCUT2D eigenvalue weighted by atomic mass is 16.7. The fraction of sp³-hybridized carbons (Fsp3) is 0.447. The van der Waals surface area contributed by atoms with Crippen LogP contribution in [0.4, 0.5) is 4.79 Å². The first-order valence-corrected chi connectivity index (χ1v) is 20.7. The Morgan fingerprint density at radius 3 is 2.44 bits per heavy atom. The van der Waals surface area contributed by atoms with Crippen LogP contribution in [0.25, 0.3) is 0 Å². The molecule has 7 rings (SSSR count). The molecule has 1 fully saturated rings. The van der Waals surface area contributed by atoms with E-state index in [1.54, 1.807) is 17.1 Å². The first kappa shape index (κ1) is 41.8. The quantitative estimate of drug-likeness (QED) is 0.0655. The molecule has 2 N–H and O–H groups in total. The van der Waals surface area contributed by atoms with E-state index in [1.807, 2.05) is 60.7 Å². The molecule has 4 aliphatic rings. The van der Waals surface area contributed by atoms with Gasteiger partial charge >= 0.3 is 6.09 Å². The van der Waals surface area contributed by atoms with Gasteiger partial charge in [-0.25, -0.2) is 4.79 Å². The number of benzene rings is 3. The number of aliphatic hydroxyl groups excluding tert-OH is 2. The predicted octanol–water partition coefficient (Wildman–Crippen LogP) is 8.08. The fourth-order valence-corrected chi connectivity index (χ4v) is 9.31. The molecule has 2 heterocycles. The third kappa shape index (κ3) is 9.00. The van der Waals surface area contributed by atoms with Crippen molar-refractivity contribution in [3.8, 4) is 23.0 Å². The summed E-state index contributed by atoms with van der Waals surface area (Å²) < 4.78 is 37.3.